The highest BCUT2D eigenvalue weighted by molar-refractivity contribution is 7.92. The van der Waals surface area contributed by atoms with E-state index >= 15 is 0 Å². The van der Waals surface area contributed by atoms with Gasteiger partial charge in [-0.25, -0.2) is 8.42 Å². The van der Waals surface area contributed by atoms with Crippen LogP contribution in [0.3, 0.4) is 0 Å². The SMILES string of the molecule is Cc1ccc(NS(=O)(=O)c2cccc(O)c2)cc1. The molecule has 2 aromatic carbocycles. The molecule has 0 atom stereocenters. The summed E-state index contributed by atoms with van der Waals surface area (Å²) in [6, 6.07) is 12.6. The molecule has 2 N–H and O–H groups in total. The van der Waals surface area contributed by atoms with Crippen molar-refractivity contribution >= 4 is 15.7 Å². The number of phenolic OH excluding ortho intramolecular Hbond substituents is 1. The third-order valence-electron chi connectivity index (χ3n) is 2.43. The summed E-state index contributed by atoms with van der Waals surface area (Å²) in [5.74, 6) is -0.0817. The Balaban J connectivity index is 2.30. The lowest BCUT2D eigenvalue weighted by molar-refractivity contribution is 0.473. The Bertz CT molecular complexity index is 648. The zero-order valence-corrected chi connectivity index (χ0v) is 10.6. The lowest BCUT2D eigenvalue weighted by Gasteiger charge is -2.08. The van der Waals surface area contributed by atoms with Gasteiger partial charge in [-0.1, -0.05) is 23.8 Å². The average Bonchev–Trinajstić information content (AvgIpc) is 2.32. The lowest BCUT2D eigenvalue weighted by Crippen LogP contribution is -2.12. The number of aromatic hydroxyl groups is 1. The van der Waals surface area contributed by atoms with Gasteiger partial charge in [0.05, 0.1) is 4.90 Å². The van der Waals surface area contributed by atoms with E-state index in [1.807, 2.05) is 19.1 Å². The number of anilines is 1. The Kier molecular flexibility index (Phi) is 3.25. The van der Waals surface area contributed by atoms with E-state index in [1.54, 1.807) is 12.1 Å². The van der Waals surface area contributed by atoms with E-state index in [-0.39, 0.29) is 10.6 Å². The summed E-state index contributed by atoms with van der Waals surface area (Å²) in [5.41, 5.74) is 1.54. The summed E-state index contributed by atoms with van der Waals surface area (Å²) < 4.78 is 26.5. The lowest BCUT2D eigenvalue weighted by atomic mass is 10.2. The van der Waals surface area contributed by atoms with Gasteiger partial charge in [0.15, 0.2) is 0 Å². The summed E-state index contributed by atoms with van der Waals surface area (Å²) in [6.07, 6.45) is 0. The molecule has 0 unspecified atom stereocenters. The number of benzene rings is 2. The van der Waals surface area contributed by atoms with Crippen molar-refractivity contribution in [3.8, 4) is 5.75 Å². The first-order chi connectivity index (χ1) is 8.47. The minimum Gasteiger partial charge on any atom is -0.508 e. The maximum Gasteiger partial charge on any atom is 0.262 e. The van der Waals surface area contributed by atoms with Crippen LogP contribution < -0.4 is 4.72 Å². The first kappa shape index (κ1) is 12.4. The van der Waals surface area contributed by atoms with Crippen LogP contribution in [0, 0.1) is 6.92 Å². The number of hydrogen-bond acceptors (Lipinski definition) is 3. The molecule has 0 aliphatic rings. The minimum atomic E-state index is -3.66. The topological polar surface area (TPSA) is 66.4 Å². The number of aryl methyl sites for hydroxylation is 1. The van der Waals surface area contributed by atoms with Crippen LogP contribution in [-0.2, 0) is 10.0 Å². The highest BCUT2D eigenvalue weighted by Gasteiger charge is 2.14. The maximum atomic E-state index is 12.0. The summed E-state index contributed by atoms with van der Waals surface area (Å²) in [4.78, 5) is 0.0306. The second-order valence-corrected chi connectivity index (χ2v) is 5.65. The van der Waals surface area contributed by atoms with Crippen LogP contribution in [0.15, 0.2) is 53.4 Å². The fourth-order valence-corrected chi connectivity index (χ4v) is 2.58. The number of sulfonamides is 1. The summed E-state index contributed by atoms with van der Waals surface area (Å²) in [7, 11) is -3.66. The molecule has 0 bridgehead atoms. The molecular formula is C13H13NO3S. The fourth-order valence-electron chi connectivity index (χ4n) is 1.49. The largest absolute Gasteiger partial charge is 0.508 e. The molecule has 0 spiro atoms. The monoisotopic (exact) mass is 263 g/mol. The quantitative estimate of drug-likeness (QED) is 0.894. The van der Waals surface area contributed by atoms with Crippen LogP contribution in [0.25, 0.3) is 0 Å². The smallest absolute Gasteiger partial charge is 0.262 e. The highest BCUT2D eigenvalue weighted by atomic mass is 32.2. The van der Waals surface area contributed by atoms with Crippen molar-refractivity contribution in [1.29, 1.82) is 0 Å². The van der Waals surface area contributed by atoms with Crippen molar-refractivity contribution in [2.45, 2.75) is 11.8 Å². The van der Waals surface area contributed by atoms with E-state index in [2.05, 4.69) is 4.72 Å². The predicted molar refractivity (Wildman–Crippen MR) is 70.1 cm³/mol. The van der Waals surface area contributed by atoms with E-state index < -0.39 is 10.0 Å². The molecule has 0 aliphatic heterocycles. The zero-order chi connectivity index (χ0) is 13.2. The average molecular weight is 263 g/mol. The summed E-state index contributed by atoms with van der Waals surface area (Å²) in [5, 5.41) is 9.29. The van der Waals surface area contributed by atoms with Crippen LogP contribution in [0.5, 0.6) is 5.75 Å². The van der Waals surface area contributed by atoms with Crippen LogP contribution >= 0.6 is 0 Å². The first-order valence-electron chi connectivity index (χ1n) is 5.36. The molecule has 94 valence electrons. The molecule has 4 nitrogen and oxygen atoms in total. The number of nitrogens with one attached hydrogen (secondary N) is 1. The molecule has 5 heteroatoms. The second-order valence-electron chi connectivity index (χ2n) is 3.97. The van der Waals surface area contributed by atoms with Gasteiger partial charge >= 0.3 is 0 Å². The van der Waals surface area contributed by atoms with E-state index in [0.29, 0.717) is 5.69 Å². The van der Waals surface area contributed by atoms with Crippen LogP contribution in [-0.4, -0.2) is 13.5 Å². The van der Waals surface area contributed by atoms with Gasteiger partial charge in [0.2, 0.25) is 0 Å². The standard InChI is InChI=1S/C13H13NO3S/c1-10-5-7-11(8-6-10)14-18(16,17)13-4-2-3-12(15)9-13/h2-9,14-15H,1H3. The summed E-state index contributed by atoms with van der Waals surface area (Å²) >= 11 is 0. The Morgan fingerprint density at radius 2 is 1.72 bits per heavy atom. The molecule has 0 saturated carbocycles. The Labute approximate surface area is 106 Å². The zero-order valence-electron chi connectivity index (χ0n) is 9.79. The molecule has 18 heavy (non-hydrogen) atoms. The normalized spacial score (nSPS) is 11.2. The second kappa shape index (κ2) is 4.70. The number of hydrogen-bond donors (Lipinski definition) is 2. The molecule has 2 rings (SSSR count). The third-order valence-corrected chi connectivity index (χ3v) is 3.81. The van der Waals surface area contributed by atoms with Gasteiger partial charge in [-0.3, -0.25) is 4.72 Å². The van der Waals surface area contributed by atoms with Crippen molar-refractivity contribution in [3.63, 3.8) is 0 Å². The van der Waals surface area contributed by atoms with Crippen LogP contribution in [0.4, 0.5) is 5.69 Å². The third kappa shape index (κ3) is 2.81. The van der Waals surface area contributed by atoms with Gasteiger partial charge in [0.25, 0.3) is 10.0 Å². The van der Waals surface area contributed by atoms with Crippen molar-refractivity contribution in [2.24, 2.45) is 0 Å². The minimum absolute atomic E-state index is 0.0306. The van der Waals surface area contributed by atoms with E-state index in [0.717, 1.165) is 5.56 Å². The van der Waals surface area contributed by atoms with Crippen molar-refractivity contribution < 1.29 is 13.5 Å². The Morgan fingerprint density at radius 3 is 2.33 bits per heavy atom. The van der Waals surface area contributed by atoms with Crippen LogP contribution in [0.1, 0.15) is 5.56 Å². The van der Waals surface area contributed by atoms with Crippen LogP contribution in [0.2, 0.25) is 0 Å². The first-order valence-corrected chi connectivity index (χ1v) is 6.84. The van der Waals surface area contributed by atoms with Gasteiger partial charge in [-0.2, -0.15) is 0 Å². The molecule has 0 amide bonds. The molecular weight excluding hydrogens is 250 g/mol. The molecule has 2 aromatic rings. The van der Waals surface area contributed by atoms with Crippen molar-refractivity contribution in [3.05, 3.63) is 54.1 Å². The van der Waals surface area contributed by atoms with Crippen molar-refractivity contribution in [2.75, 3.05) is 4.72 Å². The van der Waals surface area contributed by atoms with Gasteiger partial charge in [0, 0.05) is 11.8 Å². The molecule has 0 heterocycles. The van der Waals surface area contributed by atoms with Gasteiger partial charge in [0.1, 0.15) is 5.75 Å². The molecule has 0 aromatic heterocycles. The maximum absolute atomic E-state index is 12.0. The summed E-state index contributed by atoms with van der Waals surface area (Å²) in [6.45, 7) is 1.92. The molecule has 0 radical (unpaired) electrons. The number of rotatable bonds is 3. The van der Waals surface area contributed by atoms with Crippen molar-refractivity contribution in [1.82, 2.24) is 0 Å². The highest BCUT2D eigenvalue weighted by Crippen LogP contribution is 2.19. The molecule has 0 fully saturated rings. The predicted octanol–water partition coefficient (Wildman–Crippen LogP) is 2.50. The Morgan fingerprint density at radius 1 is 1.06 bits per heavy atom. The van der Waals surface area contributed by atoms with Gasteiger partial charge in [-0.15, -0.1) is 0 Å². The van der Waals surface area contributed by atoms with E-state index in [4.69, 9.17) is 0 Å². The van der Waals surface area contributed by atoms with E-state index in [9.17, 15) is 13.5 Å². The molecule has 0 aliphatic carbocycles. The van der Waals surface area contributed by atoms with E-state index in [1.165, 1.54) is 24.3 Å². The number of phenols is 1. The molecule has 0 saturated heterocycles. The fraction of sp³-hybridized carbons (Fsp3) is 0.0769. The Hall–Kier alpha value is -2.01. The van der Waals surface area contributed by atoms with Gasteiger partial charge < -0.3 is 5.11 Å². The van der Waals surface area contributed by atoms with Gasteiger partial charge in [-0.05, 0) is 31.2 Å².